The van der Waals surface area contributed by atoms with Crippen molar-refractivity contribution in [3.05, 3.63) is 12.7 Å². The minimum Gasteiger partial charge on any atom is -0.387 e. The third-order valence-corrected chi connectivity index (χ3v) is 17.2. The largest absolute Gasteiger partial charge is 0.387 e. The standard InChI is InChI=1S/C56H98N26O11S/c57-44-40-45(74-29-73-44)82(30-75-40)51-42(86)41(85)43(93-51)50(91)68-23-9-3-4-20-38(84)76-32(15-11-25-70-53(60)61)47(88)78-34(17-13-27-72-55(64)65)49(90)79-33(16-12-26-71-54(62)63)48(89)77-31(14-10-24-69-52(58)59)46(87)67-22-8-2-1-7-21-66-37(83)19-6-5-18-36-39-35(28-94-36)80-56(92)81-39/h29-36,39,41-43,51,85-86H,1-28H2,(H,66,83)(H,67,87)(H,68,91)(H,76,84)(H,77,89)(H,78,88)(H,79,90)(H2,57,73,74)(H4,58,59,69)(H4,60,61,70)(H4,62,63,71)(H4,64,65,72)(H2,80,81,92)/t31-,32-,33-,34-,35-,36-,39-,41-,42+,43-,51+/m0/s1. The van der Waals surface area contributed by atoms with Gasteiger partial charge in [0.1, 0.15) is 48.2 Å². The molecular formula is C56H98N26O11S. The molecule has 0 spiro atoms. The summed E-state index contributed by atoms with van der Waals surface area (Å²) in [5.74, 6) is -3.75. The molecule has 5 heterocycles. The first kappa shape index (κ1) is 75.9. The lowest BCUT2D eigenvalue weighted by Gasteiger charge is -2.26. The fourth-order valence-corrected chi connectivity index (χ4v) is 12.3. The Morgan fingerprint density at radius 1 is 0.574 bits per heavy atom. The molecule has 0 bridgehead atoms. The number of nitrogen functional groups attached to an aromatic ring is 1. The summed E-state index contributed by atoms with van der Waals surface area (Å²) < 4.78 is 7.11. The highest BCUT2D eigenvalue weighted by atomic mass is 32.2. The summed E-state index contributed by atoms with van der Waals surface area (Å²) in [6.45, 7) is 1.30. The zero-order chi connectivity index (χ0) is 68.5. The van der Waals surface area contributed by atoms with Crippen molar-refractivity contribution >= 4 is 100.0 Å². The zero-order valence-corrected chi connectivity index (χ0v) is 53.9. The number of rotatable bonds is 44. The number of anilines is 1. The molecule has 3 saturated heterocycles. The Morgan fingerprint density at radius 3 is 1.60 bits per heavy atom. The van der Waals surface area contributed by atoms with Crippen LogP contribution in [-0.4, -0.2) is 212 Å². The second-order valence-electron chi connectivity index (χ2n) is 23.1. The Hall–Kier alpha value is -8.78. The topological polar surface area (TPSA) is 622 Å². The molecule has 2 aromatic heterocycles. The molecule has 5 rings (SSSR count). The monoisotopic (exact) mass is 1340 g/mol. The van der Waals surface area contributed by atoms with Gasteiger partial charge in [-0.25, -0.2) is 19.7 Å². The van der Waals surface area contributed by atoms with Crippen LogP contribution in [0, 0.1) is 0 Å². The Bertz CT molecular complexity index is 2920. The number of carbonyl (C=O) groups excluding carboxylic acids is 8. The lowest BCUT2D eigenvalue weighted by molar-refractivity contribution is -0.137. The van der Waals surface area contributed by atoms with E-state index >= 15 is 0 Å². The van der Waals surface area contributed by atoms with Crippen molar-refractivity contribution in [3.8, 4) is 0 Å². The van der Waals surface area contributed by atoms with Crippen molar-refractivity contribution in [1.29, 1.82) is 0 Å². The van der Waals surface area contributed by atoms with Gasteiger partial charge in [-0.3, -0.25) is 58.1 Å². The molecule has 0 aliphatic carbocycles. The molecule has 3 aliphatic rings. The number of thioether (sulfide) groups is 1. The van der Waals surface area contributed by atoms with Crippen LogP contribution in [-0.2, 0) is 38.3 Å². The second-order valence-corrected chi connectivity index (χ2v) is 24.4. The van der Waals surface area contributed by atoms with Gasteiger partial charge in [-0.15, -0.1) is 0 Å². The Labute approximate surface area is 548 Å². The number of ether oxygens (including phenoxy) is 1. The van der Waals surface area contributed by atoms with E-state index in [1.807, 2.05) is 11.8 Å². The number of carbonyl (C=O) groups is 8. The first-order valence-corrected chi connectivity index (χ1v) is 32.9. The van der Waals surface area contributed by atoms with Gasteiger partial charge < -0.3 is 114 Å². The number of nitrogens with one attached hydrogen (secondary N) is 9. The molecule has 9 amide bonds. The third kappa shape index (κ3) is 26.3. The first-order chi connectivity index (χ1) is 45.0. The van der Waals surface area contributed by atoms with Crippen molar-refractivity contribution in [3.63, 3.8) is 0 Å². The summed E-state index contributed by atoms with van der Waals surface area (Å²) in [7, 11) is 0. The van der Waals surface area contributed by atoms with E-state index in [1.165, 1.54) is 17.2 Å². The number of unbranched alkanes of at least 4 members (excludes halogenated alkanes) is 6. The number of imidazole rings is 1. The third-order valence-electron chi connectivity index (χ3n) is 15.7. The molecule has 11 atom stereocenters. The fourth-order valence-electron chi connectivity index (χ4n) is 10.8. The molecular weight excluding hydrogens is 1240 g/mol. The molecule has 0 radical (unpaired) electrons. The maximum absolute atomic E-state index is 14.5. The summed E-state index contributed by atoms with van der Waals surface area (Å²) in [4.78, 5) is 136. The zero-order valence-electron chi connectivity index (χ0n) is 53.1. The van der Waals surface area contributed by atoms with Crippen LogP contribution in [0.4, 0.5) is 10.6 Å². The molecule has 0 saturated carbocycles. The number of hydrogen-bond acceptors (Lipinski definition) is 20. The number of urea groups is 1. The predicted octanol–water partition coefficient (Wildman–Crippen LogP) is -5.62. The van der Waals surface area contributed by atoms with Crippen molar-refractivity contribution in [2.75, 3.05) is 57.3 Å². The van der Waals surface area contributed by atoms with Crippen LogP contribution in [0.5, 0.6) is 0 Å². The van der Waals surface area contributed by atoms with E-state index in [0.717, 1.165) is 44.3 Å². The van der Waals surface area contributed by atoms with Crippen LogP contribution in [0.3, 0.4) is 0 Å². The number of nitrogens with two attached hydrogens (primary N) is 9. The molecule has 2 aromatic rings. The summed E-state index contributed by atoms with van der Waals surface area (Å²) in [6.07, 6.45) is 4.70. The average molecular weight is 1340 g/mol. The molecule has 0 aromatic carbocycles. The summed E-state index contributed by atoms with van der Waals surface area (Å²) in [6, 6.07) is -4.75. The van der Waals surface area contributed by atoms with Crippen LogP contribution < -0.4 is 99.5 Å². The highest BCUT2D eigenvalue weighted by Gasteiger charge is 2.48. The van der Waals surface area contributed by atoms with Crippen molar-refractivity contribution in [2.45, 2.75) is 194 Å². The summed E-state index contributed by atoms with van der Waals surface area (Å²) in [5.41, 5.74) is 50.8. The van der Waals surface area contributed by atoms with E-state index in [4.69, 9.17) is 56.3 Å². The average Bonchev–Trinajstić information content (AvgIpc) is 1.63. The van der Waals surface area contributed by atoms with Crippen molar-refractivity contribution in [2.24, 2.45) is 65.8 Å². The van der Waals surface area contributed by atoms with Gasteiger partial charge in [-0.1, -0.05) is 25.7 Å². The number of guanidine groups is 4. The lowest BCUT2D eigenvalue weighted by Crippen LogP contribution is -2.58. The number of aliphatic hydroxyl groups is 2. The van der Waals surface area contributed by atoms with Gasteiger partial charge >= 0.3 is 6.03 Å². The highest BCUT2D eigenvalue weighted by molar-refractivity contribution is 8.00. The molecule has 37 nitrogen and oxygen atoms in total. The summed E-state index contributed by atoms with van der Waals surface area (Å²) >= 11 is 1.85. The molecule has 94 heavy (non-hydrogen) atoms. The molecule has 38 heteroatoms. The highest BCUT2D eigenvalue weighted by Crippen LogP contribution is 2.34. The van der Waals surface area contributed by atoms with Crippen LogP contribution in [0.25, 0.3) is 11.2 Å². The number of fused-ring (bicyclic) bond motifs is 2. The van der Waals surface area contributed by atoms with E-state index in [2.05, 4.69) is 82.8 Å². The molecule has 0 unspecified atom stereocenters. The van der Waals surface area contributed by atoms with E-state index < -0.39 is 84.2 Å². The van der Waals surface area contributed by atoms with Crippen LogP contribution in [0.15, 0.2) is 32.6 Å². The van der Waals surface area contributed by atoms with Crippen molar-refractivity contribution in [1.82, 2.24) is 67.4 Å². The van der Waals surface area contributed by atoms with Gasteiger partial charge in [0.15, 0.2) is 47.6 Å². The molecule has 524 valence electrons. The number of aliphatic hydroxyl groups excluding tert-OH is 2. The van der Waals surface area contributed by atoms with Gasteiger partial charge in [0.25, 0.3) is 5.91 Å². The van der Waals surface area contributed by atoms with E-state index in [-0.39, 0.29) is 162 Å². The normalized spacial score (nSPS) is 19.9. The Morgan fingerprint density at radius 2 is 1.05 bits per heavy atom. The number of aliphatic imine (C=N–C) groups is 4. The van der Waals surface area contributed by atoms with E-state index in [0.29, 0.717) is 43.9 Å². The van der Waals surface area contributed by atoms with Gasteiger partial charge in [-0.05, 0) is 89.9 Å². The number of amides is 9. The fraction of sp³-hybridized carbons (Fsp3) is 0.696. The Balaban J connectivity index is 1.14. The minimum absolute atomic E-state index is 0.0102. The van der Waals surface area contributed by atoms with Gasteiger partial charge in [-0.2, -0.15) is 11.8 Å². The SMILES string of the molecule is NC(N)=NCCC[C@H](NC(=O)CCCCCNC(=O)[C@H]1O[C@@H](n2cnc3c(N)ncnc32)[C@H](O)[C@@H]1O)C(=O)N[C@@H](CCCN=C(N)N)C(=O)N[C@@H](CCCN=C(N)N)C(=O)N[C@@H](CCCN=C(N)N)C(=O)NCCCCCCNC(=O)CCCC[C@@H]1SC[C@@H]2NC(=O)N[C@@H]21. The molecule has 3 fully saturated rings. The van der Waals surface area contributed by atoms with Crippen LogP contribution in [0.1, 0.15) is 135 Å². The lowest BCUT2D eigenvalue weighted by atomic mass is 10.0. The van der Waals surface area contributed by atoms with Gasteiger partial charge in [0.2, 0.25) is 35.4 Å². The Kier molecular flexibility index (Phi) is 32.6. The van der Waals surface area contributed by atoms with Gasteiger partial charge in [0, 0.05) is 69.7 Å². The quantitative estimate of drug-likeness (QED) is 0.0127. The predicted molar refractivity (Wildman–Crippen MR) is 353 cm³/mol. The smallest absolute Gasteiger partial charge is 0.315 e. The molecule has 3 aliphatic heterocycles. The number of aromatic nitrogens is 4. The number of hydrogen-bond donors (Lipinski definition) is 20. The van der Waals surface area contributed by atoms with Crippen LogP contribution >= 0.6 is 11.8 Å². The van der Waals surface area contributed by atoms with Crippen molar-refractivity contribution < 1.29 is 53.3 Å². The minimum atomic E-state index is -1.59. The maximum atomic E-state index is 14.5. The second kappa shape index (κ2) is 40.4. The molecule has 29 N–H and O–H groups in total. The maximum Gasteiger partial charge on any atom is 0.315 e. The summed E-state index contributed by atoms with van der Waals surface area (Å²) in [5, 5.41) is 47.4. The van der Waals surface area contributed by atoms with E-state index in [1.54, 1.807) is 0 Å². The van der Waals surface area contributed by atoms with E-state index in [9.17, 15) is 48.6 Å². The first-order valence-electron chi connectivity index (χ1n) is 31.9. The van der Waals surface area contributed by atoms with Crippen LogP contribution in [0.2, 0.25) is 0 Å². The van der Waals surface area contributed by atoms with Gasteiger partial charge in [0.05, 0.1) is 18.4 Å². The number of nitrogens with zero attached hydrogens (tertiary/aromatic N) is 8.